The number of halogens is 1. The van der Waals surface area contributed by atoms with E-state index in [1.54, 1.807) is 25.1 Å². The van der Waals surface area contributed by atoms with Gasteiger partial charge in [-0.25, -0.2) is 0 Å². The number of aryl methyl sites for hydroxylation is 1. The summed E-state index contributed by atoms with van der Waals surface area (Å²) in [7, 11) is 0. The lowest BCUT2D eigenvalue weighted by Gasteiger charge is -2.00. The Kier molecular flexibility index (Phi) is 2.63. The van der Waals surface area contributed by atoms with Crippen LogP contribution < -0.4 is 0 Å². The summed E-state index contributed by atoms with van der Waals surface area (Å²) in [5, 5.41) is 19.3. The molecule has 0 fully saturated rings. The SMILES string of the molecule is Cc1ccc(Br)c(C#N)c1[N+](=O)[O-]. The van der Waals surface area contributed by atoms with E-state index in [0.29, 0.717) is 10.0 Å². The van der Waals surface area contributed by atoms with Crippen LogP contribution in [0.15, 0.2) is 16.6 Å². The Morgan fingerprint density at radius 3 is 2.62 bits per heavy atom. The van der Waals surface area contributed by atoms with Gasteiger partial charge in [0.2, 0.25) is 0 Å². The molecular weight excluding hydrogens is 236 g/mol. The van der Waals surface area contributed by atoms with Gasteiger partial charge in [-0.1, -0.05) is 6.07 Å². The van der Waals surface area contributed by atoms with Crippen LogP contribution in [-0.4, -0.2) is 4.92 Å². The summed E-state index contributed by atoms with van der Waals surface area (Å²) in [6.07, 6.45) is 0. The minimum absolute atomic E-state index is 0.0741. The lowest BCUT2D eigenvalue weighted by atomic mass is 10.1. The average Bonchev–Trinajstić information content (AvgIpc) is 2.07. The number of nitrogens with zero attached hydrogens (tertiary/aromatic N) is 2. The highest BCUT2D eigenvalue weighted by molar-refractivity contribution is 9.10. The molecule has 0 atom stereocenters. The van der Waals surface area contributed by atoms with Gasteiger partial charge in [0.25, 0.3) is 5.69 Å². The van der Waals surface area contributed by atoms with Crippen molar-refractivity contribution in [3.05, 3.63) is 37.8 Å². The molecule has 0 N–H and O–H groups in total. The number of hydrogen-bond donors (Lipinski definition) is 0. The fourth-order valence-electron chi connectivity index (χ4n) is 1.01. The summed E-state index contributed by atoms with van der Waals surface area (Å²) in [6.45, 7) is 1.60. The average molecular weight is 241 g/mol. The third-order valence-electron chi connectivity index (χ3n) is 1.62. The Morgan fingerprint density at radius 2 is 2.23 bits per heavy atom. The first-order chi connectivity index (χ1) is 6.07. The van der Waals surface area contributed by atoms with Gasteiger partial charge in [-0.2, -0.15) is 5.26 Å². The van der Waals surface area contributed by atoms with Crippen molar-refractivity contribution in [2.75, 3.05) is 0 Å². The van der Waals surface area contributed by atoms with Crippen LogP contribution in [0.1, 0.15) is 11.1 Å². The highest BCUT2D eigenvalue weighted by Crippen LogP contribution is 2.28. The molecule has 0 spiro atoms. The number of benzene rings is 1. The Labute approximate surface area is 83.1 Å². The van der Waals surface area contributed by atoms with E-state index in [9.17, 15) is 10.1 Å². The zero-order valence-electron chi connectivity index (χ0n) is 6.74. The quantitative estimate of drug-likeness (QED) is 0.560. The zero-order chi connectivity index (χ0) is 10.0. The molecule has 0 saturated carbocycles. The van der Waals surface area contributed by atoms with E-state index in [4.69, 9.17) is 5.26 Å². The lowest BCUT2D eigenvalue weighted by molar-refractivity contribution is -0.385. The largest absolute Gasteiger partial charge is 0.291 e. The van der Waals surface area contributed by atoms with Gasteiger partial charge in [-0.05, 0) is 28.9 Å². The number of rotatable bonds is 1. The molecule has 1 rings (SSSR count). The van der Waals surface area contributed by atoms with Crippen LogP contribution in [0.5, 0.6) is 0 Å². The summed E-state index contributed by atoms with van der Waals surface area (Å²) in [5.74, 6) is 0. The molecule has 66 valence electrons. The van der Waals surface area contributed by atoms with Crippen molar-refractivity contribution in [1.29, 1.82) is 5.26 Å². The smallest absolute Gasteiger partial charge is 0.258 e. The standard InChI is InChI=1S/C8H5BrN2O2/c1-5-2-3-7(9)6(4-10)8(5)11(12)13/h2-3H,1H3. The summed E-state index contributed by atoms with van der Waals surface area (Å²) < 4.78 is 0.451. The van der Waals surface area contributed by atoms with Crippen LogP contribution in [0.4, 0.5) is 5.69 Å². The third kappa shape index (κ3) is 1.68. The maximum absolute atomic E-state index is 10.6. The Bertz CT molecular complexity index is 409. The molecule has 0 aliphatic rings. The molecule has 0 heterocycles. The van der Waals surface area contributed by atoms with Crippen LogP contribution in [0.2, 0.25) is 0 Å². The summed E-state index contributed by atoms with van der Waals surface area (Å²) in [6, 6.07) is 5.02. The summed E-state index contributed by atoms with van der Waals surface area (Å²) >= 11 is 3.08. The summed E-state index contributed by atoms with van der Waals surface area (Å²) in [5.41, 5.74) is 0.437. The predicted octanol–water partition coefficient (Wildman–Crippen LogP) is 2.54. The molecule has 0 unspecified atom stereocenters. The molecule has 0 aromatic heterocycles. The maximum Gasteiger partial charge on any atom is 0.291 e. The Hall–Kier alpha value is -1.41. The van der Waals surface area contributed by atoms with E-state index in [2.05, 4.69) is 15.9 Å². The Morgan fingerprint density at radius 1 is 1.62 bits per heavy atom. The molecule has 5 heteroatoms. The minimum atomic E-state index is -0.543. The molecule has 0 saturated heterocycles. The molecule has 0 aliphatic heterocycles. The molecule has 0 radical (unpaired) electrons. The number of nitro groups is 1. The number of nitriles is 1. The van der Waals surface area contributed by atoms with E-state index in [0.717, 1.165) is 0 Å². The molecule has 1 aromatic carbocycles. The van der Waals surface area contributed by atoms with E-state index >= 15 is 0 Å². The van der Waals surface area contributed by atoms with Gasteiger partial charge in [0.1, 0.15) is 11.6 Å². The first-order valence-corrected chi connectivity index (χ1v) is 4.21. The number of hydrogen-bond acceptors (Lipinski definition) is 3. The van der Waals surface area contributed by atoms with Gasteiger partial charge in [0.15, 0.2) is 0 Å². The molecule has 0 aliphatic carbocycles. The van der Waals surface area contributed by atoms with Crippen molar-refractivity contribution in [1.82, 2.24) is 0 Å². The van der Waals surface area contributed by atoms with Gasteiger partial charge in [-0.3, -0.25) is 10.1 Å². The van der Waals surface area contributed by atoms with Gasteiger partial charge < -0.3 is 0 Å². The molecule has 0 bridgehead atoms. The first-order valence-electron chi connectivity index (χ1n) is 3.41. The normalized spacial score (nSPS) is 9.31. The fourth-order valence-corrected chi connectivity index (χ4v) is 1.42. The van der Waals surface area contributed by atoms with Crippen molar-refractivity contribution >= 4 is 21.6 Å². The topological polar surface area (TPSA) is 66.9 Å². The van der Waals surface area contributed by atoms with Crippen molar-refractivity contribution in [2.24, 2.45) is 0 Å². The van der Waals surface area contributed by atoms with Crippen LogP contribution in [0, 0.1) is 28.4 Å². The second-order valence-electron chi connectivity index (χ2n) is 2.46. The van der Waals surface area contributed by atoms with E-state index in [1.165, 1.54) is 0 Å². The first kappa shape index (κ1) is 9.68. The second-order valence-corrected chi connectivity index (χ2v) is 3.31. The van der Waals surface area contributed by atoms with Crippen molar-refractivity contribution in [3.63, 3.8) is 0 Å². The van der Waals surface area contributed by atoms with Crippen LogP contribution >= 0.6 is 15.9 Å². The van der Waals surface area contributed by atoms with E-state index in [1.807, 2.05) is 0 Å². The number of nitro benzene ring substituents is 1. The van der Waals surface area contributed by atoms with Crippen LogP contribution in [0.25, 0.3) is 0 Å². The van der Waals surface area contributed by atoms with Crippen molar-refractivity contribution in [3.8, 4) is 6.07 Å². The van der Waals surface area contributed by atoms with Gasteiger partial charge >= 0.3 is 0 Å². The summed E-state index contributed by atoms with van der Waals surface area (Å²) in [4.78, 5) is 10.0. The molecule has 4 nitrogen and oxygen atoms in total. The predicted molar refractivity (Wildman–Crippen MR) is 50.2 cm³/mol. The lowest BCUT2D eigenvalue weighted by Crippen LogP contribution is -1.96. The van der Waals surface area contributed by atoms with Crippen molar-refractivity contribution < 1.29 is 4.92 Å². The third-order valence-corrected chi connectivity index (χ3v) is 2.28. The molecule has 13 heavy (non-hydrogen) atoms. The molecular formula is C8H5BrN2O2. The van der Waals surface area contributed by atoms with Crippen LogP contribution in [0.3, 0.4) is 0 Å². The van der Waals surface area contributed by atoms with Crippen LogP contribution in [-0.2, 0) is 0 Å². The van der Waals surface area contributed by atoms with Gasteiger partial charge in [-0.15, -0.1) is 0 Å². The Balaban J connectivity index is 3.55. The van der Waals surface area contributed by atoms with Crippen molar-refractivity contribution in [2.45, 2.75) is 6.92 Å². The van der Waals surface area contributed by atoms with Gasteiger partial charge in [0.05, 0.1) is 4.92 Å². The maximum atomic E-state index is 10.6. The molecule has 0 amide bonds. The van der Waals surface area contributed by atoms with Gasteiger partial charge in [0, 0.05) is 10.0 Å². The highest BCUT2D eigenvalue weighted by atomic mass is 79.9. The van der Waals surface area contributed by atoms with E-state index in [-0.39, 0.29) is 11.3 Å². The molecule has 1 aromatic rings. The van der Waals surface area contributed by atoms with E-state index < -0.39 is 4.92 Å². The highest BCUT2D eigenvalue weighted by Gasteiger charge is 2.19. The second kappa shape index (κ2) is 3.54. The monoisotopic (exact) mass is 240 g/mol. The zero-order valence-corrected chi connectivity index (χ0v) is 8.33. The minimum Gasteiger partial charge on any atom is -0.258 e. The fraction of sp³-hybridized carbons (Fsp3) is 0.125.